The molecule has 2 aromatic carbocycles. The summed E-state index contributed by atoms with van der Waals surface area (Å²) in [4.78, 5) is 12.7. The van der Waals surface area contributed by atoms with Crippen molar-refractivity contribution in [3.05, 3.63) is 65.7 Å². The van der Waals surface area contributed by atoms with E-state index in [1.165, 1.54) is 0 Å². The molecule has 0 radical (unpaired) electrons. The SMILES string of the molecule is CCOC(=O)C(=C(CC)c1ccccc1)c1cccc(OCOC)c1. The molecule has 0 atom stereocenters. The van der Waals surface area contributed by atoms with Crippen molar-refractivity contribution >= 4 is 17.1 Å². The smallest absolute Gasteiger partial charge is 0.339 e. The van der Waals surface area contributed by atoms with E-state index in [4.69, 9.17) is 14.2 Å². The summed E-state index contributed by atoms with van der Waals surface area (Å²) in [6.45, 7) is 4.32. The average Bonchev–Trinajstić information content (AvgIpc) is 2.65. The highest BCUT2D eigenvalue weighted by Crippen LogP contribution is 2.31. The third-order valence-corrected chi connectivity index (χ3v) is 3.72. The zero-order valence-electron chi connectivity index (χ0n) is 15.0. The number of methoxy groups -OCH3 is 1. The molecular formula is C21H24O4. The minimum absolute atomic E-state index is 0.154. The van der Waals surface area contributed by atoms with Crippen LogP contribution < -0.4 is 4.74 Å². The van der Waals surface area contributed by atoms with Crippen LogP contribution in [-0.4, -0.2) is 26.5 Å². The molecule has 0 unspecified atom stereocenters. The van der Waals surface area contributed by atoms with Crippen LogP contribution in [0.3, 0.4) is 0 Å². The third-order valence-electron chi connectivity index (χ3n) is 3.72. The van der Waals surface area contributed by atoms with E-state index in [1.807, 2.05) is 68.4 Å². The van der Waals surface area contributed by atoms with E-state index >= 15 is 0 Å². The maximum atomic E-state index is 12.7. The summed E-state index contributed by atoms with van der Waals surface area (Å²) in [7, 11) is 1.57. The van der Waals surface area contributed by atoms with Crippen molar-refractivity contribution < 1.29 is 19.0 Å². The Morgan fingerprint density at radius 3 is 2.32 bits per heavy atom. The van der Waals surface area contributed by atoms with Crippen molar-refractivity contribution in [3.8, 4) is 5.75 Å². The van der Waals surface area contributed by atoms with Gasteiger partial charge >= 0.3 is 5.97 Å². The molecule has 4 heteroatoms. The van der Waals surface area contributed by atoms with Crippen LogP contribution >= 0.6 is 0 Å². The van der Waals surface area contributed by atoms with Gasteiger partial charge in [0.2, 0.25) is 0 Å². The minimum atomic E-state index is -0.327. The summed E-state index contributed by atoms with van der Waals surface area (Å²) in [5, 5.41) is 0. The molecule has 0 amide bonds. The first-order valence-electron chi connectivity index (χ1n) is 8.39. The van der Waals surface area contributed by atoms with E-state index in [2.05, 4.69) is 0 Å². The van der Waals surface area contributed by atoms with Gasteiger partial charge in [0.25, 0.3) is 0 Å². The lowest BCUT2D eigenvalue weighted by molar-refractivity contribution is -0.136. The first-order chi connectivity index (χ1) is 12.2. The van der Waals surface area contributed by atoms with Gasteiger partial charge in [-0.3, -0.25) is 0 Å². The van der Waals surface area contributed by atoms with Gasteiger partial charge in [0.05, 0.1) is 12.2 Å². The largest absolute Gasteiger partial charge is 0.468 e. The van der Waals surface area contributed by atoms with E-state index in [-0.39, 0.29) is 12.8 Å². The molecule has 0 N–H and O–H groups in total. The highest BCUT2D eigenvalue weighted by molar-refractivity contribution is 6.24. The van der Waals surface area contributed by atoms with Gasteiger partial charge in [-0.2, -0.15) is 0 Å². The molecule has 2 aromatic rings. The van der Waals surface area contributed by atoms with Crippen LogP contribution in [0.1, 0.15) is 31.4 Å². The zero-order chi connectivity index (χ0) is 18.1. The fourth-order valence-electron chi connectivity index (χ4n) is 2.65. The van der Waals surface area contributed by atoms with Gasteiger partial charge in [-0.25, -0.2) is 4.79 Å². The van der Waals surface area contributed by atoms with Gasteiger partial charge in [-0.05, 0) is 42.2 Å². The summed E-state index contributed by atoms with van der Waals surface area (Å²) in [6, 6.07) is 17.3. The Hall–Kier alpha value is -2.59. The molecular weight excluding hydrogens is 316 g/mol. The quantitative estimate of drug-likeness (QED) is 0.306. The molecule has 0 heterocycles. The van der Waals surface area contributed by atoms with Crippen LogP contribution in [0.5, 0.6) is 5.75 Å². The lowest BCUT2D eigenvalue weighted by atomic mass is 9.93. The van der Waals surface area contributed by atoms with Crippen LogP contribution in [0.2, 0.25) is 0 Å². The van der Waals surface area contributed by atoms with E-state index in [9.17, 15) is 4.79 Å². The molecule has 0 bridgehead atoms. The van der Waals surface area contributed by atoms with Crippen molar-refractivity contribution in [1.29, 1.82) is 0 Å². The second-order valence-corrected chi connectivity index (χ2v) is 5.37. The second kappa shape index (κ2) is 9.64. The van der Waals surface area contributed by atoms with Gasteiger partial charge < -0.3 is 14.2 Å². The second-order valence-electron chi connectivity index (χ2n) is 5.37. The standard InChI is InChI=1S/C21H24O4/c1-4-19(16-10-7-6-8-11-16)20(21(22)24-5-2)17-12-9-13-18(14-17)25-15-23-3/h6-14H,4-5,15H2,1-3H3. The number of carbonyl (C=O) groups is 1. The summed E-state index contributed by atoms with van der Waals surface area (Å²) in [6.07, 6.45) is 0.710. The molecule has 132 valence electrons. The molecule has 0 aliphatic carbocycles. The van der Waals surface area contributed by atoms with Crippen LogP contribution in [0, 0.1) is 0 Å². The van der Waals surface area contributed by atoms with Crippen LogP contribution in [0.4, 0.5) is 0 Å². The number of allylic oxidation sites excluding steroid dienone is 1. The van der Waals surface area contributed by atoms with E-state index < -0.39 is 0 Å². The number of hydrogen-bond donors (Lipinski definition) is 0. The fourth-order valence-corrected chi connectivity index (χ4v) is 2.65. The van der Waals surface area contributed by atoms with Gasteiger partial charge in [-0.15, -0.1) is 0 Å². The molecule has 2 rings (SSSR count). The fraction of sp³-hybridized carbons (Fsp3) is 0.286. The van der Waals surface area contributed by atoms with Crippen molar-refractivity contribution in [1.82, 2.24) is 0 Å². The summed E-state index contributed by atoms with van der Waals surface area (Å²) < 4.78 is 15.8. The number of carbonyl (C=O) groups excluding carboxylic acids is 1. The number of hydrogen-bond acceptors (Lipinski definition) is 4. The molecule has 25 heavy (non-hydrogen) atoms. The van der Waals surface area contributed by atoms with Crippen molar-refractivity contribution in [3.63, 3.8) is 0 Å². The predicted octanol–water partition coefficient (Wildman–Crippen LogP) is 4.55. The lowest BCUT2D eigenvalue weighted by Gasteiger charge is -2.15. The topological polar surface area (TPSA) is 44.8 Å². The average molecular weight is 340 g/mol. The molecule has 0 aliphatic heterocycles. The zero-order valence-corrected chi connectivity index (χ0v) is 15.0. The summed E-state index contributed by atoms with van der Waals surface area (Å²) in [5.41, 5.74) is 3.30. The van der Waals surface area contributed by atoms with Crippen molar-refractivity contribution in [2.24, 2.45) is 0 Å². The molecule has 0 fully saturated rings. The molecule has 4 nitrogen and oxygen atoms in total. The number of ether oxygens (including phenoxy) is 3. The monoisotopic (exact) mass is 340 g/mol. The molecule has 0 aromatic heterocycles. The Morgan fingerprint density at radius 1 is 0.960 bits per heavy atom. The Bertz CT molecular complexity index is 720. The highest BCUT2D eigenvalue weighted by atomic mass is 16.7. The number of esters is 1. The molecule has 0 saturated heterocycles. The van der Waals surface area contributed by atoms with Gasteiger partial charge in [0.15, 0.2) is 6.79 Å². The number of rotatable bonds is 8. The summed E-state index contributed by atoms with van der Waals surface area (Å²) in [5.74, 6) is 0.316. The normalized spacial score (nSPS) is 11.6. The van der Waals surface area contributed by atoms with Crippen LogP contribution in [0.15, 0.2) is 54.6 Å². The minimum Gasteiger partial charge on any atom is -0.468 e. The lowest BCUT2D eigenvalue weighted by Crippen LogP contribution is -2.10. The third kappa shape index (κ3) is 4.94. The van der Waals surface area contributed by atoms with Crippen molar-refractivity contribution in [2.75, 3.05) is 20.5 Å². The van der Waals surface area contributed by atoms with Gasteiger partial charge in [-0.1, -0.05) is 49.4 Å². The van der Waals surface area contributed by atoms with Gasteiger partial charge in [0, 0.05) is 7.11 Å². The predicted molar refractivity (Wildman–Crippen MR) is 99.1 cm³/mol. The first-order valence-corrected chi connectivity index (χ1v) is 8.39. The Kier molecular flexibility index (Phi) is 7.23. The maximum absolute atomic E-state index is 12.7. The Labute approximate surface area is 149 Å². The highest BCUT2D eigenvalue weighted by Gasteiger charge is 2.19. The van der Waals surface area contributed by atoms with Crippen LogP contribution in [-0.2, 0) is 14.3 Å². The summed E-state index contributed by atoms with van der Waals surface area (Å²) >= 11 is 0. The first kappa shape index (κ1) is 18.7. The molecule has 0 saturated carbocycles. The van der Waals surface area contributed by atoms with Crippen LogP contribution in [0.25, 0.3) is 11.1 Å². The Balaban J connectivity index is 2.56. The molecule has 0 aliphatic rings. The van der Waals surface area contributed by atoms with Crippen molar-refractivity contribution in [2.45, 2.75) is 20.3 Å². The van der Waals surface area contributed by atoms with E-state index in [0.717, 1.165) is 16.7 Å². The van der Waals surface area contributed by atoms with Gasteiger partial charge in [0.1, 0.15) is 5.75 Å². The van der Waals surface area contributed by atoms with E-state index in [0.29, 0.717) is 24.4 Å². The maximum Gasteiger partial charge on any atom is 0.339 e. The Morgan fingerprint density at radius 2 is 1.68 bits per heavy atom. The van der Waals surface area contributed by atoms with E-state index in [1.54, 1.807) is 7.11 Å². The number of benzene rings is 2. The molecule has 0 spiro atoms.